The molecule has 0 saturated heterocycles. The molecule has 0 spiro atoms. The van der Waals surface area contributed by atoms with Crippen molar-refractivity contribution in [1.82, 2.24) is 0 Å². The van der Waals surface area contributed by atoms with Crippen molar-refractivity contribution in [2.24, 2.45) is 5.92 Å². The third-order valence-electron chi connectivity index (χ3n) is 4.56. The van der Waals surface area contributed by atoms with Crippen LogP contribution >= 0.6 is 0 Å². The molecule has 28 heavy (non-hydrogen) atoms. The molecule has 0 aliphatic rings. The van der Waals surface area contributed by atoms with Gasteiger partial charge in [0, 0.05) is 12.6 Å². The Labute approximate surface area is 163 Å². The summed E-state index contributed by atoms with van der Waals surface area (Å²) in [6.07, 6.45) is 0.766. The van der Waals surface area contributed by atoms with Crippen LogP contribution in [0, 0.1) is 11.7 Å². The Morgan fingerprint density at radius 1 is 1.11 bits per heavy atom. The maximum absolute atomic E-state index is 14.2. The van der Waals surface area contributed by atoms with E-state index in [0.29, 0.717) is 0 Å². The van der Waals surface area contributed by atoms with E-state index in [0.717, 1.165) is 18.1 Å². The van der Waals surface area contributed by atoms with Crippen LogP contribution in [0.4, 0.5) is 10.1 Å². The topological polar surface area (TPSA) is 72.5 Å². The maximum atomic E-state index is 14.2. The van der Waals surface area contributed by atoms with E-state index in [1.54, 1.807) is 0 Å². The minimum absolute atomic E-state index is 0.0266. The number of hydrogen-bond acceptors (Lipinski definition) is 4. The van der Waals surface area contributed by atoms with Gasteiger partial charge < -0.3 is 10.1 Å². The van der Waals surface area contributed by atoms with Crippen molar-refractivity contribution >= 4 is 23.3 Å². The molecule has 148 valence electrons. The first-order valence-corrected chi connectivity index (χ1v) is 9.15. The van der Waals surface area contributed by atoms with Gasteiger partial charge in [0.05, 0.1) is 11.5 Å². The number of Topliss-reactive ketones (excluding diaryl/α,β-unsaturated/α-hetero) is 1. The molecule has 2 aromatic carbocycles. The molecule has 1 N–H and O–H groups in total. The zero-order valence-electron chi connectivity index (χ0n) is 16.2. The monoisotopic (exact) mass is 385 g/mol. The fourth-order valence-corrected chi connectivity index (χ4v) is 2.92. The van der Waals surface area contributed by atoms with Gasteiger partial charge in [-0.1, -0.05) is 50.6 Å². The minimum atomic E-state index is -0.783. The predicted octanol–water partition coefficient (Wildman–Crippen LogP) is 4.34. The summed E-state index contributed by atoms with van der Waals surface area (Å²) in [5, 5.41) is 2.44. The summed E-state index contributed by atoms with van der Waals surface area (Å²) in [6.45, 7) is 4.68. The Morgan fingerprint density at radius 2 is 1.79 bits per heavy atom. The first kappa shape index (κ1) is 21.3. The van der Waals surface area contributed by atoms with Crippen molar-refractivity contribution in [2.75, 3.05) is 11.9 Å². The van der Waals surface area contributed by atoms with Gasteiger partial charge in [-0.05, 0) is 29.7 Å². The lowest BCUT2D eigenvalue weighted by Crippen LogP contribution is -2.25. The van der Waals surface area contributed by atoms with Gasteiger partial charge >= 0.3 is 5.97 Å². The van der Waals surface area contributed by atoms with E-state index in [2.05, 4.69) is 5.32 Å². The molecule has 0 unspecified atom stereocenters. The number of ether oxygens (including phenoxy) is 1. The quantitative estimate of drug-likeness (QED) is 0.542. The fourth-order valence-electron chi connectivity index (χ4n) is 2.92. The molecule has 0 aliphatic carbocycles. The molecule has 6 heteroatoms. The third-order valence-corrected chi connectivity index (χ3v) is 4.56. The molecule has 0 bridgehead atoms. The fraction of sp³-hybridized carbons (Fsp3) is 0.318. The number of carbonyl (C=O) groups excluding carboxylic acids is 3. The number of ketones is 1. The Morgan fingerprint density at radius 3 is 2.36 bits per heavy atom. The highest BCUT2D eigenvalue weighted by atomic mass is 19.1. The van der Waals surface area contributed by atoms with E-state index in [4.69, 9.17) is 4.74 Å². The van der Waals surface area contributed by atoms with Crippen LogP contribution in [0.25, 0.3) is 0 Å². The third kappa shape index (κ3) is 5.49. The number of anilines is 1. The minimum Gasteiger partial charge on any atom is -0.457 e. The van der Waals surface area contributed by atoms with E-state index in [1.807, 2.05) is 44.2 Å². The van der Waals surface area contributed by atoms with E-state index in [9.17, 15) is 18.8 Å². The van der Waals surface area contributed by atoms with Crippen LogP contribution in [0.3, 0.4) is 0 Å². The standard InChI is InChI=1S/C22H24FNO4/c1-4-14(2)21(16-8-6-5-7-9-16)22(27)28-13-20(26)18-11-10-17(12-19(18)23)24-15(3)25/h5-12,14,21H,4,13H2,1-3H3,(H,24,25)/t14-,21+/m0/s1. The van der Waals surface area contributed by atoms with Gasteiger partial charge in [0.1, 0.15) is 5.82 Å². The van der Waals surface area contributed by atoms with E-state index in [1.165, 1.54) is 19.1 Å². The maximum Gasteiger partial charge on any atom is 0.314 e. The van der Waals surface area contributed by atoms with Crippen LogP contribution in [0.5, 0.6) is 0 Å². The average Bonchev–Trinajstić information content (AvgIpc) is 2.66. The van der Waals surface area contributed by atoms with Gasteiger partial charge in [-0.15, -0.1) is 0 Å². The molecule has 2 atom stereocenters. The van der Waals surface area contributed by atoms with Crippen molar-refractivity contribution in [2.45, 2.75) is 33.1 Å². The Balaban J connectivity index is 2.08. The van der Waals surface area contributed by atoms with Gasteiger partial charge in [0.15, 0.2) is 6.61 Å². The highest BCUT2D eigenvalue weighted by Crippen LogP contribution is 2.28. The Kier molecular flexibility index (Phi) is 7.44. The molecular formula is C22H24FNO4. The van der Waals surface area contributed by atoms with Gasteiger partial charge in [-0.2, -0.15) is 0 Å². The second-order valence-electron chi connectivity index (χ2n) is 6.68. The van der Waals surface area contributed by atoms with Gasteiger partial charge in [-0.25, -0.2) is 4.39 Å². The SMILES string of the molecule is CC[C@H](C)[C@@H](C(=O)OCC(=O)c1ccc(NC(C)=O)cc1F)c1ccccc1. The lowest BCUT2D eigenvalue weighted by molar-refractivity contribution is -0.145. The van der Waals surface area contributed by atoms with Crippen molar-refractivity contribution in [1.29, 1.82) is 0 Å². The Hall–Kier alpha value is -3.02. The number of nitrogens with one attached hydrogen (secondary N) is 1. The van der Waals surface area contributed by atoms with Gasteiger partial charge in [-0.3, -0.25) is 14.4 Å². The number of esters is 1. The molecule has 0 heterocycles. The van der Waals surface area contributed by atoms with E-state index < -0.39 is 30.1 Å². The van der Waals surface area contributed by atoms with Crippen LogP contribution in [-0.4, -0.2) is 24.3 Å². The predicted molar refractivity (Wildman–Crippen MR) is 105 cm³/mol. The van der Waals surface area contributed by atoms with Crippen LogP contribution in [0.15, 0.2) is 48.5 Å². The number of carbonyl (C=O) groups is 3. The first-order chi connectivity index (χ1) is 13.3. The molecule has 0 radical (unpaired) electrons. The zero-order valence-corrected chi connectivity index (χ0v) is 16.2. The van der Waals surface area contributed by atoms with Crippen LogP contribution in [0.2, 0.25) is 0 Å². The molecular weight excluding hydrogens is 361 g/mol. The summed E-state index contributed by atoms with van der Waals surface area (Å²) >= 11 is 0. The van der Waals surface area contributed by atoms with Crippen LogP contribution in [-0.2, 0) is 14.3 Å². The lowest BCUT2D eigenvalue weighted by Gasteiger charge is -2.21. The summed E-state index contributed by atoms with van der Waals surface area (Å²) in [6, 6.07) is 13.0. The van der Waals surface area contributed by atoms with E-state index in [-0.39, 0.29) is 23.1 Å². The lowest BCUT2D eigenvalue weighted by atomic mass is 9.85. The molecule has 0 fully saturated rings. The summed E-state index contributed by atoms with van der Waals surface area (Å²) < 4.78 is 19.4. The highest BCUT2D eigenvalue weighted by molar-refractivity contribution is 5.99. The van der Waals surface area contributed by atoms with Crippen molar-refractivity contribution in [3.8, 4) is 0 Å². The van der Waals surface area contributed by atoms with E-state index >= 15 is 0 Å². The van der Waals surface area contributed by atoms with Crippen molar-refractivity contribution in [3.63, 3.8) is 0 Å². The van der Waals surface area contributed by atoms with Gasteiger partial charge in [0.2, 0.25) is 11.7 Å². The second-order valence-corrected chi connectivity index (χ2v) is 6.68. The molecule has 0 aromatic heterocycles. The summed E-state index contributed by atoms with van der Waals surface area (Å²) in [7, 11) is 0. The number of halogens is 1. The molecule has 0 aliphatic heterocycles. The first-order valence-electron chi connectivity index (χ1n) is 9.15. The molecule has 2 aromatic rings. The summed E-state index contributed by atoms with van der Waals surface area (Å²) in [4.78, 5) is 35.9. The number of rotatable bonds is 8. The summed E-state index contributed by atoms with van der Waals surface area (Å²) in [5.74, 6) is -2.75. The molecule has 0 saturated carbocycles. The van der Waals surface area contributed by atoms with Crippen molar-refractivity contribution in [3.05, 3.63) is 65.5 Å². The smallest absolute Gasteiger partial charge is 0.314 e. The molecule has 1 amide bonds. The van der Waals surface area contributed by atoms with Crippen LogP contribution < -0.4 is 5.32 Å². The second kappa shape index (κ2) is 9.78. The zero-order chi connectivity index (χ0) is 20.7. The van der Waals surface area contributed by atoms with Crippen LogP contribution in [0.1, 0.15) is 49.0 Å². The molecule has 5 nitrogen and oxygen atoms in total. The normalized spacial score (nSPS) is 12.7. The number of benzene rings is 2. The highest BCUT2D eigenvalue weighted by Gasteiger charge is 2.28. The average molecular weight is 385 g/mol. The largest absolute Gasteiger partial charge is 0.457 e. The van der Waals surface area contributed by atoms with Crippen molar-refractivity contribution < 1.29 is 23.5 Å². The Bertz CT molecular complexity index is 851. The molecule has 2 rings (SSSR count). The summed E-state index contributed by atoms with van der Waals surface area (Å²) in [5.41, 5.74) is 0.876. The van der Waals surface area contributed by atoms with Gasteiger partial charge in [0.25, 0.3) is 0 Å². The number of amides is 1. The number of hydrogen-bond donors (Lipinski definition) is 1.